The van der Waals surface area contributed by atoms with Gasteiger partial charge in [-0.15, -0.1) is 0 Å². The highest BCUT2D eigenvalue weighted by atomic mass is 35.6. The third-order valence-corrected chi connectivity index (χ3v) is 3.49. The molecule has 0 aliphatic heterocycles. The number of hydrogen-bond donors (Lipinski definition) is 0. The number of hydrogen-bond acceptors (Lipinski definition) is 2. The van der Waals surface area contributed by atoms with E-state index in [0.717, 1.165) is 5.56 Å². The van der Waals surface area contributed by atoms with Crippen LogP contribution in [-0.4, -0.2) is 19.7 Å². The number of benzene rings is 1. The highest BCUT2D eigenvalue weighted by molar-refractivity contribution is 6.73. The maximum Gasteiger partial charge on any atom is 0.306 e. The van der Waals surface area contributed by atoms with Gasteiger partial charge in [0.1, 0.15) is 0 Å². The normalized spacial score (nSPS) is 12.6. The minimum atomic E-state index is -2.03. The lowest BCUT2D eigenvalue weighted by Gasteiger charge is -2.29. The summed E-state index contributed by atoms with van der Waals surface area (Å²) in [6.07, 6.45) is -0.929. The second-order valence-corrected chi connectivity index (χ2v) is 8.68. The third-order valence-electron chi connectivity index (χ3n) is 2.30. The molecular weight excluding hydrogens is 389 g/mol. The van der Waals surface area contributed by atoms with Crippen LogP contribution in [0.25, 0.3) is 0 Å². The molecule has 1 aromatic carbocycles. The number of carbonyl (C=O) groups excluding carboxylic acids is 1. The number of esters is 1. The second kappa shape index (κ2) is 7.62. The van der Waals surface area contributed by atoms with Gasteiger partial charge in [0.15, 0.2) is 6.10 Å². The van der Waals surface area contributed by atoms with Gasteiger partial charge in [0.25, 0.3) is 0 Å². The summed E-state index contributed by atoms with van der Waals surface area (Å²) in [6, 6.07) is 9.38. The fourth-order valence-electron chi connectivity index (χ4n) is 1.40. The molecule has 0 N–H and O–H groups in total. The fourth-order valence-corrected chi connectivity index (χ4v) is 3.15. The predicted octanol–water partition coefficient (Wildman–Crippen LogP) is 5.27. The van der Waals surface area contributed by atoms with Crippen LogP contribution in [0.5, 0.6) is 0 Å². The van der Waals surface area contributed by atoms with E-state index >= 15 is 0 Å². The molecule has 0 spiro atoms. The summed E-state index contributed by atoms with van der Waals surface area (Å²) in [5.41, 5.74) is 0.976. The maximum atomic E-state index is 11.7. The first-order valence-electron chi connectivity index (χ1n) is 5.47. The van der Waals surface area contributed by atoms with Crippen LogP contribution in [0, 0.1) is 0 Å². The van der Waals surface area contributed by atoms with Crippen molar-refractivity contribution in [2.24, 2.45) is 0 Å². The molecule has 2 nitrogen and oxygen atoms in total. The van der Waals surface area contributed by atoms with E-state index in [9.17, 15) is 4.79 Å². The van der Waals surface area contributed by atoms with Crippen LogP contribution in [0.2, 0.25) is 0 Å². The van der Waals surface area contributed by atoms with E-state index in [0.29, 0.717) is 6.42 Å². The Labute approximate surface area is 147 Å². The van der Waals surface area contributed by atoms with Crippen LogP contribution in [0.4, 0.5) is 0 Å². The number of aryl methyl sites for hydroxylation is 1. The van der Waals surface area contributed by atoms with Crippen molar-refractivity contribution in [3.8, 4) is 0 Å². The quantitative estimate of drug-likeness (QED) is 0.510. The predicted molar refractivity (Wildman–Crippen MR) is 85.2 cm³/mol. The Morgan fingerprint density at radius 2 is 1.50 bits per heavy atom. The molecule has 0 saturated carbocycles. The zero-order chi connectivity index (χ0) is 15.4. The summed E-state index contributed by atoms with van der Waals surface area (Å²) >= 11 is 33.9. The van der Waals surface area contributed by atoms with Crippen LogP contribution in [0.1, 0.15) is 12.0 Å². The van der Waals surface area contributed by atoms with Crippen LogP contribution < -0.4 is 0 Å². The van der Waals surface area contributed by atoms with Gasteiger partial charge in [-0.3, -0.25) is 4.79 Å². The molecule has 0 unspecified atom stereocenters. The smallest absolute Gasteiger partial charge is 0.306 e. The molecular formula is C12H10Cl6O2. The topological polar surface area (TPSA) is 26.3 Å². The van der Waals surface area contributed by atoms with E-state index in [2.05, 4.69) is 0 Å². The van der Waals surface area contributed by atoms with Crippen LogP contribution in [-0.2, 0) is 16.0 Å². The molecule has 20 heavy (non-hydrogen) atoms. The monoisotopic (exact) mass is 396 g/mol. The van der Waals surface area contributed by atoms with Crippen molar-refractivity contribution in [2.75, 3.05) is 0 Å². The van der Waals surface area contributed by atoms with E-state index in [-0.39, 0.29) is 6.42 Å². The molecule has 0 atom stereocenters. The zero-order valence-corrected chi connectivity index (χ0v) is 14.5. The van der Waals surface area contributed by atoms with E-state index in [1.165, 1.54) is 0 Å². The van der Waals surface area contributed by atoms with Crippen molar-refractivity contribution >= 4 is 75.6 Å². The summed E-state index contributed by atoms with van der Waals surface area (Å²) < 4.78 is 0.902. The first-order chi connectivity index (χ1) is 9.10. The Hall–Kier alpha value is 0.430. The lowest BCUT2D eigenvalue weighted by atomic mass is 10.1. The second-order valence-electron chi connectivity index (χ2n) is 3.94. The largest absolute Gasteiger partial charge is 0.453 e. The van der Waals surface area contributed by atoms with Crippen LogP contribution in [0.15, 0.2) is 30.3 Å². The average molecular weight is 399 g/mol. The Morgan fingerprint density at radius 3 is 1.95 bits per heavy atom. The zero-order valence-electron chi connectivity index (χ0n) is 9.96. The Kier molecular flexibility index (Phi) is 7.04. The van der Waals surface area contributed by atoms with Crippen molar-refractivity contribution in [1.29, 1.82) is 0 Å². The van der Waals surface area contributed by atoms with Crippen molar-refractivity contribution in [3.05, 3.63) is 35.9 Å². The number of halogens is 6. The summed E-state index contributed by atoms with van der Waals surface area (Å²) in [4.78, 5) is 11.7. The van der Waals surface area contributed by atoms with E-state index in [1.807, 2.05) is 30.3 Å². The third kappa shape index (κ3) is 6.46. The van der Waals surface area contributed by atoms with Crippen molar-refractivity contribution in [2.45, 2.75) is 26.5 Å². The summed E-state index contributed by atoms with van der Waals surface area (Å²) in [7, 11) is 0. The number of ether oxygens (including phenoxy) is 1. The highest BCUT2D eigenvalue weighted by Crippen LogP contribution is 2.45. The van der Waals surface area contributed by atoms with Gasteiger partial charge in [-0.25, -0.2) is 0 Å². The molecule has 0 saturated heterocycles. The van der Waals surface area contributed by atoms with Gasteiger partial charge < -0.3 is 4.74 Å². The average Bonchev–Trinajstić information content (AvgIpc) is 2.32. The standard InChI is InChI=1S/C12H10Cl6O2/c13-11(14,15)10(12(16,17)18)20-9(19)7-6-8-4-2-1-3-5-8/h1-5,10H,6-7H2. The minimum absolute atomic E-state index is 0.0853. The first-order valence-corrected chi connectivity index (χ1v) is 7.74. The highest BCUT2D eigenvalue weighted by Gasteiger charge is 2.49. The van der Waals surface area contributed by atoms with Gasteiger partial charge in [-0.05, 0) is 12.0 Å². The van der Waals surface area contributed by atoms with Gasteiger partial charge in [-0.1, -0.05) is 99.9 Å². The van der Waals surface area contributed by atoms with E-state index < -0.39 is 19.7 Å². The van der Waals surface area contributed by atoms with Crippen molar-refractivity contribution in [1.82, 2.24) is 0 Å². The molecule has 0 heterocycles. The van der Waals surface area contributed by atoms with Gasteiger partial charge >= 0.3 is 5.97 Å². The number of alkyl halides is 6. The van der Waals surface area contributed by atoms with Crippen LogP contribution >= 0.6 is 69.6 Å². The Bertz CT molecular complexity index is 424. The van der Waals surface area contributed by atoms with Crippen molar-refractivity contribution < 1.29 is 9.53 Å². The maximum absolute atomic E-state index is 11.7. The first kappa shape index (κ1) is 18.5. The lowest BCUT2D eigenvalue weighted by Crippen LogP contribution is -2.42. The molecule has 112 valence electrons. The Morgan fingerprint density at radius 1 is 1.00 bits per heavy atom. The Balaban J connectivity index is 2.59. The van der Waals surface area contributed by atoms with Gasteiger partial charge in [0, 0.05) is 6.42 Å². The van der Waals surface area contributed by atoms with Crippen LogP contribution in [0.3, 0.4) is 0 Å². The summed E-state index contributed by atoms with van der Waals surface area (Å²) in [5, 5.41) is 0. The molecule has 0 fully saturated rings. The summed E-state index contributed by atoms with van der Waals surface area (Å²) in [6.45, 7) is 0. The SMILES string of the molecule is O=C(CCc1ccccc1)OC(C(Cl)(Cl)Cl)C(Cl)(Cl)Cl. The molecule has 1 rings (SSSR count). The summed E-state index contributed by atoms with van der Waals surface area (Å²) in [5.74, 6) is -0.614. The molecule has 0 aromatic heterocycles. The lowest BCUT2D eigenvalue weighted by molar-refractivity contribution is -0.148. The molecule has 0 aliphatic carbocycles. The molecule has 8 heteroatoms. The number of rotatable bonds is 4. The van der Waals surface area contributed by atoms with Crippen molar-refractivity contribution in [3.63, 3.8) is 0 Å². The molecule has 0 amide bonds. The molecule has 0 radical (unpaired) electrons. The minimum Gasteiger partial charge on any atom is -0.453 e. The van der Waals surface area contributed by atoms with E-state index in [4.69, 9.17) is 74.3 Å². The molecule has 0 bridgehead atoms. The molecule has 0 aliphatic rings. The number of carbonyl (C=O) groups is 1. The van der Waals surface area contributed by atoms with Gasteiger partial charge in [0.2, 0.25) is 7.59 Å². The van der Waals surface area contributed by atoms with Gasteiger partial charge in [-0.2, -0.15) is 0 Å². The van der Waals surface area contributed by atoms with Gasteiger partial charge in [0.05, 0.1) is 0 Å². The fraction of sp³-hybridized carbons (Fsp3) is 0.417. The van der Waals surface area contributed by atoms with E-state index in [1.54, 1.807) is 0 Å². The molecule has 1 aromatic rings.